The van der Waals surface area contributed by atoms with Gasteiger partial charge in [0, 0.05) is 25.3 Å². The zero-order valence-corrected chi connectivity index (χ0v) is 13.1. The van der Waals surface area contributed by atoms with Crippen LogP contribution < -0.4 is 4.90 Å². The number of carbonyl (C=O) groups is 1. The van der Waals surface area contributed by atoms with Crippen molar-refractivity contribution in [3.63, 3.8) is 0 Å². The minimum Gasteiger partial charge on any atom is -0.378 e. The predicted octanol–water partition coefficient (Wildman–Crippen LogP) is 4.27. The lowest BCUT2D eigenvalue weighted by molar-refractivity contribution is 0.104. The molecular weight excluding hydrogens is 258 g/mol. The standard InChI is InChI=1S/C19H21NO/c1-14-5-11-18(15(2)13-14)19(21)12-8-16-6-9-17(10-7-16)20(3)4/h5-13H,1-4H3/b12-8+. The van der Waals surface area contributed by atoms with E-state index in [2.05, 4.69) is 0 Å². The van der Waals surface area contributed by atoms with Crippen molar-refractivity contribution < 1.29 is 4.79 Å². The minimum atomic E-state index is 0.0455. The van der Waals surface area contributed by atoms with Gasteiger partial charge in [0.05, 0.1) is 0 Å². The van der Waals surface area contributed by atoms with Crippen molar-refractivity contribution in [3.8, 4) is 0 Å². The Hall–Kier alpha value is -2.35. The van der Waals surface area contributed by atoms with Crippen molar-refractivity contribution in [2.24, 2.45) is 0 Å². The van der Waals surface area contributed by atoms with E-state index in [0.717, 1.165) is 22.4 Å². The fourth-order valence-electron chi connectivity index (χ4n) is 2.24. The van der Waals surface area contributed by atoms with Crippen molar-refractivity contribution in [3.05, 3.63) is 70.8 Å². The van der Waals surface area contributed by atoms with E-state index in [4.69, 9.17) is 0 Å². The van der Waals surface area contributed by atoms with Gasteiger partial charge in [0.2, 0.25) is 0 Å². The van der Waals surface area contributed by atoms with Gasteiger partial charge in [-0.2, -0.15) is 0 Å². The molecule has 0 radical (unpaired) electrons. The molecule has 0 heterocycles. The van der Waals surface area contributed by atoms with Crippen LogP contribution in [0.5, 0.6) is 0 Å². The highest BCUT2D eigenvalue weighted by Gasteiger charge is 2.05. The van der Waals surface area contributed by atoms with Crippen molar-refractivity contribution in [2.75, 3.05) is 19.0 Å². The predicted molar refractivity (Wildman–Crippen MR) is 90.0 cm³/mol. The largest absolute Gasteiger partial charge is 0.378 e. The number of benzene rings is 2. The van der Waals surface area contributed by atoms with Gasteiger partial charge in [-0.3, -0.25) is 4.79 Å². The number of rotatable bonds is 4. The van der Waals surface area contributed by atoms with Gasteiger partial charge in [-0.1, -0.05) is 42.0 Å². The molecule has 0 N–H and O–H groups in total. The molecule has 0 bridgehead atoms. The molecule has 0 atom stereocenters. The Kier molecular flexibility index (Phi) is 4.59. The maximum absolute atomic E-state index is 12.2. The third kappa shape index (κ3) is 3.82. The lowest BCUT2D eigenvalue weighted by Gasteiger charge is -2.11. The van der Waals surface area contributed by atoms with Gasteiger partial charge in [-0.25, -0.2) is 0 Å². The summed E-state index contributed by atoms with van der Waals surface area (Å²) >= 11 is 0. The van der Waals surface area contributed by atoms with Gasteiger partial charge < -0.3 is 4.90 Å². The Morgan fingerprint density at radius 3 is 2.24 bits per heavy atom. The smallest absolute Gasteiger partial charge is 0.186 e. The molecule has 0 saturated carbocycles. The van der Waals surface area contributed by atoms with Crippen LogP contribution in [0.25, 0.3) is 6.08 Å². The van der Waals surface area contributed by atoms with Gasteiger partial charge in [-0.05, 0) is 43.2 Å². The third-order valence-electron chi connectivity index (χ3n) is 3.48. The van der Waals surface area contributed by atoms with Crippen LogP contribution in [0.3, 0.4) is 0 Å². The second kappa shape index (κ2) is 6.40. The van der Waals surface area contributed by atoms with E-state index in [1.54, 1.807) is 6.08 Å². The van der Waals surface area contributed by atoms with Crippen LogP contribution in [0.4, 0.5) is 5.69 Å². The first-order valence-electron chi connectivity index (χ1n) is 7.04. The number of anilines is 1. The number of hydrogen-bond acceptors (Lipinski definition) is 2. The van der Waals surface area contributed by atoms with Gasteiger partial charge in [0.25, 0.3) is 0 Å². The Labute approximate surface area is 126 Å². The quantitative estimate of drug-likeness (QED) is 0.615. The fourth-order valence-corrected chi connectivity index (χ4v) is 2.24. The molecule has 0 fully saturated rings. The van der Waals surface area contributed by atoms with Crippen molar-refractivity contribution in [1.29, 1.82) is 0 Å². The Bertz CT molecular complexity index is 666. The first-order chi connectivity index (χ1) is 9.97. The molecule has 0 spiro atoms. The summed E-state index contributed by atoms with van der Waals surface area (Å²) in [6, 6.07) is 14.0. The topological polar surface area (TPSA) is 20.3 Å². The highest BCUT2D eigenvalue weighted by atomic mass is 16.1. The number of ketones is 1. The van der Waals surface area contributed by atoms with Gasteiger partial charge in [0.15, 0.2) is 5.78 Å². The monoisotopic (exact) mass is 279 g/mol. The first kappa shape index (κ1) is 15.0. The lowest BCUT2D eigenvalue weighted by atomic mass is 10.0. The Morgan fingerprint density at radius 1 is 1.00 bits per heavy atom. The molecule has 2 rings (SSSR count). The lowest BCUT2D eigenvalue weighted by Crippen LogP contribution is -2.07. The molecule has 0 unspecified atom stereocenters. The second-order valence-corrected chi connectivity index (χ2v) is 5.50. The van der Waals surface area contributed by atoms with E-state index in [-0.39, 0.29) is 5.78 Å². The highest BCUT2D eigenvalue weighted by molar-refractivity contribution is 6.07. The average Bonchev–Trinajstić information content (AvgIpc) is 2.45. The second-order valence-electron chi connectivity index (χ2n) is 5.50. The van der Waals surface area contributed by atoms with Gasteiger partial charge in [0.1, 0.15) is 0 Å². The molecule has 0 aliphatic rings. The summed E-state index contributed by atoms with van der Waals surface area (Å²) in [5, 5.41) is 0. The van der Waals surface area contributed by atoms with Crippen LogP contribution in [0.15, 0.2) is 48.5 Å². The molecule has 0 amide bonds. The number of nitrogens with zero attached hydrogens (tertiary/aromatic N) is 1. The molecule has 0 aliphatic heterocycles. The molecule has 2 aromatic carbocycles. The zero-order chi connectivity index (χ0) is 15.4. The summed E-state index contributed by atoms with van der Waals surface area (Å²) in [5.41, 5.74) is 5.13. The van der Waals surface area contributed by atoms with Gasteiger partial charge >= 0.3 is 0 Å². The summed E-state index contributed by atoms with van der Waals surface area (Å²) in [4.78, 5) is 14.3. The van der Waals surface area contributed by atoms with E-state index in [9.17, 15) is 4.79 Å². The van der Waals surface area contributed by atoms with Crippen LogP contribution in [0, 0.1) is 13.8 Å². The van der Waals surface area contributed by atoms with Crippen molar-refractivity contribution in [2.45, 2.75) is 13.8 Å². The van der Waals surface area contributed by atoms with Crippen LogP contribution in [0.1, 0.15) is 27.0 Å². The van der Waals surface area contributed by atoms with E-state index < -0.39 is 0 Å². The number of aryl methyl sites for hydroxylation is 2. The molecule has 0 aromatic heterocycles. The minimum absolute atomic E-state index is 0.0455. The van der Waals surface area contributed by atoms with E-state index in [0.29, 0.717) is 0 Å². The van der Waals surface area contributed by atoms with Crippen LogP contribution in [-0.4, -0.2) is 19.9 Å². The molecule has 2 nitrogen and oxygen atoms in total. The molecule has 2 heteroatoms. The van der Waals surface area contributed by atoms with E-state index in [1.165, 1.54) is 5.56 Å². The summed E-state index contributed by atoms with van der Waals surface area (Å²) in [7, 11) is 4.02. The normalized spacial score (nSPS) is 10.9. The Balaban J connectivity index is 2.15. The van der Waals surface area contributed by atoms with E-state index in [1.807, 2.05) is 81.4 Å². The van der Waals surface area contributed by atoms with Crippen LogP contribution in [-0.2, 0) is 0 Å². The summed E-state index contributed by atoms with van der Waals surface area (Å²) in [6.45, 7) is 4.00. The molecule has 0 saturated heterocycles. The third-order valence-corrected chi connectivity index (χ3v) is 3.48. The molecule has 108 valence electrons. The molecule has 21 heavy (non-hydrogen) atoms. The van der Waals surface area contributed by atoms with E-state index >= 15 is 0 Å². The first-order valence-corrected chi connectivity index (χ1v) is 7.04. The van der Waals surface area contributed by atoms with Crippen LogP contribution in [0.2, 0.25) is 0 Å². The fraction of sp³-hybridized carbons (Fsp3) is 0.211. The number of carbonyl (C=O) groups excluding carboxylic acids is 1. The maximum Gasteiger partial charge on any atom is 0.186 e. The van der Waals surface area contributed by atoms with Gasteiger partial charge in [-0.15, -0.1) is 0 Å². The zero-order valence-electron chi connectivity index (χ0n) is 13.1. The highest BCUT2D eigenvalue weighted by Crippen LogP contribution is 2.15. The summed E-state index contributed by atoms with van der Waals surface area (Å²) in [5.74, 6) is 0.0455. The summed E-state index contributed by atoms with van der Waals surface area (Å²) in [6.07, 6.45) is 3.50. The Morgan fingerprint density at radius 2 is 1.67 bits per heavy atom. The maximum atomic E-state index is 12.2. The average molecular weight is 279 g/mol. The number of hydrogen-bond donors (Lipinski definition) is 0. The molecular formula is C19H21NO. The van der Waals surface area contributed by atoms with Crippen LogP contribution >= 0.6 is 0 Å². The van der Waals surface area contributed by atoms with Crippen molar-refractivity contribution in [1.82, 2.24) is 0 Å². The molecule has 2 aromatic rings. The SMILES string of the molecule is Cc1ccc(C(=O)/C=C/c2ccc(N(C)C)cc2)c(C)c1. The number of allylic oxidation sites excluding steroid dienone is 1. The summed E-state index contributed by atoms with van der Waals surface area (Å²) < 4.78 is 0. The van der Waals surface area contributed by atoms with Crippen molar-refractivity contribution >= 4 is 17.5 Å². The molecule has 0 aliphatic carbocycles.